The molecule has 0 radical (unpaired) electrons. The fraction of sp³-hybridized carbons (Fsp3) is 0.318. The van der Waals surface area contributed by atoms with Crippen LogP contribution in [0.25, 0.3) is 11.4 Å². The maximum atomic E-state index is 12.6. The number of amides is 1. The Labute approximate surface area is 203 Å². The van der Waals surface area contributed by atoms with Gasteiger partial charge in [-0.1, -0.05) is 46.6 Å². The minimum absolute atomic E-state index is 0.135. The van der Waals surface area contributed by atoms with Gasteiger partial charge >= 0.3 is 0 Å². The highest BCUT2D eigenvalue weighted by atomic mass is 35.5. The molecule has 176 valence electrons. The summed E-state index contributed by atoms with van der Waals surface area (Å²) in [6.07, 6.45) is 1.62. The maximum absolute atomic E-state index is 12.6. The fourth-order valence-electron chi connectivity index (χ4n) is 3.25. The van der Waals surface area contributed by atoms with Crippen LogP contribution < -0.4 is 4.31 Å². The molecule has 0 aliphatic rings. The quantitative estimate of drug-likeness (QED) is 0.418. The molecule has 0 unspecified atom stereocenters. The topological polar surface area (TPSA) is 96.6 Å². The van der Waals surface area contributed by atoms with Crippen LogP contribution in [-0.2, 0) is 21.4 Å². The Morgan fingerprint density at radius 1 is 1.15 bits per heavy atom. The molecule has 0 saturated heterocycles. The van der Waals surface area contributed by atoms with Crippen LogP contribution in [0.15, 0.2) is 47.0 Å². The fourth-order valence-corrected chi connectivity index (χ4v) is 4.63. The van der Waals surface area contributed by atoms with E-state index >= 15 is 0 Å². The number of carbonyl (C=O) groups is 1. The lowest BCUT2D eigenvalue weighted by Crippen LogP contribution is -2.33. The summed E-state index contributed by atoms with van der Waals surface area (Å²) in [5.41, 5.74) is 1.88. The van der Waals surface area contributed by atoms with Gasteiger partial charge in [0.05, 0.1) is 18.5 Å². The van der Waals surface area contributed by atoms with Gasteiger partial charge in [-0.3, -0.25) is 9.10 Å². The standard InChI is InChI=1S/C22H24Cl2N4O4S/c1-15-18(24)9-5-10-19(15)28(33(3,30)31)12-6-11-21(29)27(2)14-20-25-22(26-32-20)16-7-4-8-17(23)13-16/h4-5,7-10,13H,6,11-12,14H2,1-3H3. The number of sulfonamides is 1. The van der Waals surface area contributed by atoms with Gasteiger partial charge in [0.2, 0.25) is 27.6 Å². The van der Waals surface area contributed by atoms with E-state index in [0.717, 1.165) is 6.26 Å². The number of nitrogens with zero attached hydrogens (tertiary/aromatic N) is 4. The maximum Gasteiger partial charge on any atom is 0.246 e. The Morgan fingerprint density at radius 3 is 2.58 bits per heavy atom. The Kier molecular flexibility index (Phi) is 7.99. The molecular formula is C22H24Cl2N4O4S. The second kappa shape index (κ2) is 10.5. The predicted octanol–water partition coefficient (Wildman–Crippen LogP) is 4.56. The molecule has 1 amide bonds. The van der Waals surface area contributed by atoms with Crippen LogP contribution in [-0.4, -0.2) is 49.2 Å². The second-order valence-electron chi connectivity index (χ2n) is 7.59. The number of aromatic nitrogens is 2. The molecule has 11 heteroatoms. The third kappa shape index (κ3) is 6.46. The van der Waals surface area contributed by atoms with E-state index < -0.39 is 10.0 Å². The summed E-state index contributed by atoms with van der Waals surface area (Å²) in [6, 6.07) is 12.2. The second-order valence-corrected chi connectivity index (χ2v) is 10.3. The van der Waals surface area contributed by atoms with Crippen LogP contribution in [0.2, 0.25) is 10.0 Å². The van der Waals surface area contributed by atoms with E-state index in [1.165, 1.54) is 9.21 Å². The molecule has 0 N–H and O–H groups in total. The summed E-state index contributed by atoms with van der Waals surface area (Å²) >= 11 is 12.1. The predicted molar refractivity (Wildman–Crippen MR) is 129 cm³/mol. The Morgan fingerprint density at radius 2 is 1.88 bits per heavy atom. The van der Waals surface area contributed by atoms with Crippen molar-refractivity contribution in [3.63, 3.8) is 0 Å². The van der Waals surface area contributed by atoms with E-state index in [-0.39, 0.29) is 31.3 Å². The van der Waals surface area contributed by atoms with E-state index in [4.69, 9.17) is 27.7 Å². The van der Waals surface area contributed by atoms with Gasteiger partial charge in [-0.05, 0) is 43.2 Å². The van der Waals surface area contributed by atoms with Gasteiger partial charge in [-0.15, -0.1) is 0 Å². The summed E-state index contributed by atoms with van der Waals surface area (Å²) in [7, 11) is -1.92. The molecule has 33 heavy (non-hydrogen) atoms. The lowest BCUT2D eigenvalue weighted by molar-refractivity contribution is -0.130. The van der Waals surface area contributed by atoms with Gasteiger partial charge in [-0.2, -0.15) is 4.98 Å². The molecule has 0 fully saturated rings. The first-order valence-corrected chi connectivity index (χ1v) is 12.7. The van der Waals surface area contributed by atoms with E-state index in [1.807, 2.05) is 6.07 Å². The largest absolute Gasteiger partial charge is 0.337 e. The molecule has 3 rings (SSSR count). The summed E-state index contributed by atoms with van der Waals surface area (Å²) in [5.74, 6) is 0.496. The smallest absolute Gasteiger partial charge is 0.246 e. The number of rotatable bonds is 9. The van der Waals surface area contributed by atoms with Crippen LogP contribution in [0.4, 0.5) is 5.69 Å². The average molecular weight is 511 g/mol. The molecule has 8 nitrogen and oxygen atoms in total. The van der Waals surface area contributed by atoms with Crippen molar-refractivity contribution in [2.75, 3.05) is 24.2 Å². The molecule has 1 aromatic heterocycles. The molecule has 3 aromatic rings. The Hall–Kier alpha value is -2.62. The zero-order valence-electron chi connectivity index (χ0n) is 18.5. The summed E-state index contributed by atoms with van der Waals surface area (Å²) in [5, 5.41) is 4.97. The highest BCUT2D eigenvalue weighted by Crippen LogP contribution is 2.28. The Balaban J connectivity index is 1.59. The van der Waals surface area contributed by atoms with Crippen LogP contribution in [0, 0.1) is 6.92 Å². The minimum Gasteiger partial charge on any atom is -0.337 e. The number of halogens is 2. The first kappa shape index (κ1) is 25.0. The molecule has 2 aromatic carbocycles. The van der Waals surface area contributed by atoms with Gasteiger partial charge in [0.25, 0.3) is 0 Å². The number of hydrogen-bond donors (Lipinski definition) is 0. The van der Waals surface area contributed by atoms with Gasteiger partial charge in [0, 0.05) is 35.6 Å². The van der Waals surface area contributed by atoms with Crippen molar-refractivity contribution in [2.45, 2.75) is 26.3 Å². The molecular weight excluding hydrogens is 487 g/mol. The normalized spacial score (nSPS) is 11.4. The van der Waals surface area contributed by atoms with Gasteiger partial charge < -0.3 is 9.42 Å². The monoisotopic (exact) mass is 510 g/mol. The van der Waals surface area contributed by atoms with E-state index in [1.54, 1.807) is 50.4 Å². The lowest BCUT2D eigenvalue weighted by Gasteiger charge is -2.25. The van der Waals surface area contributed by atoms with Crippen LogP contribution in [0.5, 0.6) is 0 Å². The van der Waals surface area contributed by atoms with Crippen molar-refractivity contribution in [1.82, 2.24) is 15.0 Å². The van der Waals surface area contributed by atoms with Gasteiger partial charge in [0.15, 0.2) is 0 Å². The first-order valence-electron chi connectivity index (χ1n) is 10.1. The number of anilines is 1. The van der Waals surface area contributed by atoms with Gasteiger partial charge in [0.1, 0.15) is 0 Å². The zero-order valence-corrected chi connectivity index (χ0v) is 20.8. The number of benzene rings is 2. The van der Waals surface area contributed by atoms with Crippen molar-refractivity contribution in [3.8, 4) is 11.4 Å². The summed E-state index contributed by atoms with van der Waals surface area (Å²) in [4.78, 5) is 18.4. The minimum atomic E-state index is -3.54. The average Bonchev–Trinajstić information content (AvgIpc) is 3.21. The molecule has 1 heterocycles. The molecule has 0 bridgehead atoms. The summed E-state index contributed by atoms with van der Waals surface area (Å²) < 4.78 is 31.2. The van der Waals surface area contributed by atoms with E-state index in [2.05, 4.69) is 10.1 Å². The third-order valence-corrected chi connectivity index (χ3v) is 6.83. The Bertz CT molecular complexity index is 1250. The highest BCUT2D eigenvalue weighted by molar-refractivity contribution is 7.92. The zero-order chi connectivity index (χ0) is 24.2. The number of hydrogen-bond acceptors (Lipinski definition) is 6. The third-order valence-electron chi connectivity index (χ3n) is 5.01. The highest BCUT2D eigenvalue weighted by Gasteiger charge is 2.21. The SMILES string of the molecule is Cc1c(Cl)cccc1N(CCCC(=O)N(C)Cc1nc(-c2cccc(Cl)c2)no1)S(C)(=O)=O. The first-order chi connectivity index (χ1) is 15.6. The number of carbonyl (C=O) groups excluding carboxylic acids is 1. The van der Waals surface area contributed by atoms with Crippen molar-refractivity contribution >= 4 is 44.8 Å². The molecule has 0 aliphatic carbocycles. The van der Waals surface area contributed by atoms with Crippen LogP contribution in [0.1, 0.15) is 24.3 Å². The van der Waals surface area contributed by atoms with E-state index in [9.17, 15) is 13.2 Å². The van der Waals surface area contributed by atoms with Crippen molar-refractivity contribution in [1.29, 1.82) is 0 Å². The molecule has 0 saturated carbocycles. The summed E-state index contributed by atoms with van der Waals surface area (Å²) in [6.45, 7) is 2.05. The van der Waals surface area contributed by atoms with Crippen molar-refractivity contribution in [3.05, 3.63) is 64.0 Å². The van der Waals surface area contributed by atoms with E-state index in [0.29, 0.717) is 39.1 Å². The lowest BCUT2D eigenvalue weighted by atomic mass is 10.2. The van der Waals surface area contributed by atoms with Crippen LogP contribution >= 0.6 is 23.2 Å². The molecule has 0 spiro atoms. The van der Waals surface area contributed by atoms with Crippen molar-refractivity contribution in [2.24, 2.45) is 0 Å². The molecule has 0 aliphatic heterocycles. The van der Waals surface area contributed by atoms with Crippen LogP contribution in [0.3, 0.4) is 0 Å². The van der Waals surface area contributed by atoms with Gasteiger partial charge in [-0.25, -0.2) is 8.42 Å². The molecule has 0 atom stereocenters. The van der Waals surface area contributed by atoms with Crippen molar-refractivity contribution < 1.29 is 17.7 Å².